The number of rotatable bonds is 14. The van der Waals surface area contributed by atoms with Crippen LogP contribution in [-0.2, 0) is 32.0 Å². The standard InChI is InChI=1S/C33H41N9O5/c34-23(9-5-13-37-33(35)36)29(43)40-26(15-19-17-38-24-10-3-1-7-21(19)24)30(44)41-27(31(45)42-14-6-12-28(42)32(46)47)16-20-18-39-25-11-4-2-8-22(20)25/h1-4,7-8,10-11,17-18,23,26-28,38-39H,5-6,9,12-16,34H2,(H,40,43)(H,41,44)(H,46,47)(H4,35,36,37). The predicted molar refractivity (Wildman–Crippen MR) is 178 cm³/mol. The SMILES string of the molecule is NC(N)=NCCCC(N)C(=O)NC(Cc1c[nH]c2ccccc12)C(=O)NC(Cc1c[nH]c2ccccc12)C(=O)N1CCCC1C(=O)O. The number of benzene rings is 2. The van der Waals surface area contributed by atoms with Crippen molar-refractivity contribution in [1.82, 2.24) is 25.5 Å². The fraction of sp³-hybridized carbons (Fsp3) is 0.364. The summed E-state index contributed by atoms with van der Waals surface area (Å²) in [6, 6.07) is 11.1. The van der Waals surface area contributed by atoms with Crippen LogP contribution in [0.15, 0.2) is 65.9 Å². The van der Waals surface area contributed by atoms with Crippen molar-refractivity contribution in [1.29, 1.82) is 0 Å². The molecule has 0 aliphatic carbocycles. The minimum absolute atomic E-state index is 0.0566. The highest BCUT2D eigenvalue weighted by atomic mass is 16.4. The quantitative estimate of drug-likeness (QED) is 0.0556. The minimum atomic E-state index is -1.10. The van der Waals surface area contributed by atoms with Crippen LogP contribution < -0.4 is 27.8 Å². The topological polar surface area (TPSA) is 238 Å². The number of likely N-dealkylation sites (tertiary alicyclic amines) is 1. The Bertz CT molecular complexity index is 1780. The van der Waals surface area contributed by atoms with Gasteiger partial charge in [-0.05, 0) is 48.9 Å². The van der Waals surface area contributed by atoms with Gasteiger partial charge in [0.25, 0.3) is 0 Å². The number of aliphatic carboxylic acids is 1. The number of fused-ring (bicyclic) bond motifs is 2. The van der Waals surface area contributed by atoms with E-state index in [1.165, 1.54) is 4.90 Å². The summed E-state index contributed by atoms with van der Waals surface area (Å²) in [6.45, 7) is 0.564. The van der Waals surface area contributed by atoms with E-state index in [-0.39, 0.29) is 31.8 Å². The molecule has 1 fully saturated rings. The summed E-state index contributed by atoms with van der Waals surface area (Å²) >= 11 is 0. The average molecular weight is 644 g/mol. The molecular formula is C33H41N9O5. The summed E-state index contributed by atoms with van der Waals surface area (Å²) < 4.78 is 0. The van der Waals surface area contributed by atoms with Crippen LogP contribution in [0.5, 0.6) is 0 Å². The second-order valence-corrected chi connectivity index (χ2v) is 11.8. The zero-order valence-electron chi connectivity index (χ0n) is 25.9. The number of amides is 3. The second kappa shape index (κ2) is 14.8. The number of nitrogens with two attached hydrogens (primary N) is 3. The molecule has 1 aliphatic heterocycles. The number of nitrogens with one attached hydrogen (secondary N) is 4. The van der Waals surface area contributed by atoms with Crippen LogP contribution in [0.25, 0.3) is 21.8 Å². The van der Waals surface area contributed by atoms with Gasteiger partial charge in [-0.3, -0.25) is 19.4 Å². The highest BCUT2D eigenvalue weighted by Crippen LogP contribution is 2.24. The molecule has 1 saturated heterocycles. The number of guanidine groups is 1. The van der Waals surface area contributed by atoms with Crippen LogP contribution >= 0.6 is 0 Å². The molecule has 2 aromatic carbocycles. The third-order valence-corrected chi connectivity index (χ3v) is 8.57. The van der Waals surface area contributed by atoms with Crippen molar-refractivity contribution >= 4 is 51.5 Å². The molecule has 3 amide bonds. The number of aromatic nitrogens is 2. The van der Waals surface area contributed by atoms with Crippen molar-refractivity contribution in [2.75, 3.05) is 13.1 Å². The molecule has 11 N–H and O–H groups in total. The molecule has 2 aromatic heterocycles. The highest BCUT2D eigenvalue weighted by Gasteiger charge is 2.39. The van der Waals surface area contributed by atoms with Crippen molar-refractivity contribution in [2.45, 2.75) is 62.7 Å². The fourth-order valence-electron chi connectivity index (χ4n) is 6.14. The van der Waals surface area contributed by atoms with Crippen LogP contribution in [0.1, 0.15) is 36.8 Å². The number of aliphatic imine (C=N–C) groups is 1. The summed E-state index contributed by atoms with van der Waals surface area (Å²) in [5.74, 6) is -2.78. The van der Waals surface area contributed by atoms with Gasteiger partial charge >= 0.3 is 5.97 Å². The Balaban J connectivity index is 1.41. The molecule has 4 atom stereocenters. The lowest BCUT2D eigenvalue weighted by Gasteiger charge is -2.29. The van der Waals surface area contributed by atoms with Crippen molar-refractivity contribution in [3.8, 4) is 0 Å². The van der Waals surface area contributed by atoms with Crippen molar-refractivity contribution < 1.29 is 24.3 Å². The van der Waals surface area contributed by atoms with E-state index in [4.69, 9.17) is 17.2 Å². The van der Waals surface area contributed by atoms with Crippen LogP contribution in [0.4, 0.5) is 0 Å². The third kappa shape index (κ3) is 7.90. The van der Waals surface area contributed by atoms with Crippen molar-refractivity contribution in [3.63, 3.8) is 0 Å². The van der Waals surface area contributed by atoms with Gasteiger partial charge in [0.1, 0.15) is 18.1 Å². The Morgan fingerprint density at radius 2 is 1.47 bits per heavy atom. The van der Waals surface area contributed by atoms with E-state index in [2.05, 4.69) is 25.6 Å². The maximum atomic E-state index is 14.1. The smallest absolute Gasteiger partial charge is 0.326 e. The molecule has 0 bridgehead atoms. The zero-order chi connectivity index (χ0) is 33.5. The molecule has 4 aromatic rings. The molecule has 14 heteroatoms. The molecule has 5 rings (SSSR count). The third-order valence-electron chi connectivity index (χ3n) is 8.57. The van der Waals surface area contributed by atoms with Crippen molar-refractivity contribution in [3.05, 3.63) is 72.1 Å². The van der Waals surface area contributed by atoms with E-state index >= 15 is 0 Å². The van der Waals surface area contributed by atoms with E-state index in [9.17, 15) is 24.3 Å². The number of carbonyl (C=O) groups excluding carboxylic acids is 3. The lowest BCUT2D eigenvalue weighted by molar-refractivity contribution is -0.149. The normalized spacial score (nSPS) is 16.4. The first-order valence-electron chi connectivity index (χ1n) is 15.7. The maximum absolute atomic E-state index is 14.1. The Labute approximate surface area is 271 Å². The van der Waals surface area contributed by atoms with Gasteiger partial charge in [0.15, 0.2) is 5.96 Å². The number of hydrogen-bond donors (Lipinski definition) is 8. The molecule has 0 radical (unpaired) electrons. The number of H-pyrrole nitrogens is 2. The molecular weight excluding hydrogens is 602 g/mol. The van der Waals surface area contributed by atoms with Gasteiger partial charge < -0.3 is 47.8 Å². The summed E-state index contributed by atoms with van der Waals surface area (Å²) in [7, 11) is 0. The molecule has 0 saturated carbocycles. The number of nitrogens with zero attached hydrogens (tertiary/aromatic N) is 2. The summed E-state index contributed by atoms with van der Waals surface area (Å²) in [5, 5.41) is 17.2. The first kappa shape index (κ1) is 33.0. The largest absolute Gasteiger partial charge is 0.480 e. The molecule has 14 nitrogen and oxygen atoms in total. The van der Waals surface area contributed by atoms with Gasteiger partial charge in [0.05, 0.1) is 6.04 Å². The van der Waals surface area contributed by atoms with Crippen molar-refractivity contribution in [2.24, 2.45) is 22.2 Å². The summed E-state index contributed by atoms with van der Waals surface area (Å²) in [5.41, 5.74) is 20.2. The summed E-state index contributed by atoms with van der Waals surface area (Å²) in [6.07, 6.45) is 5.37. The lowest BCUT2D eigenvalue weighted by Crippen LogP contribution is -2.58. The van der Waals surface area contributed by atoms with Gasteiger partial charge in [-0.2, -0.15) is 0 Å². The predicted octanol–water partition coefficient (Wildman–Crippen LogP) is 0.861. The number of aromatic amines is 2. The van der Waals surface area contributed by atoms with Crippen LogP contribution in [0, 0.1) is 0 Å². The average Bonchev–Trinajstić information content (AvgIpc) is 3.81. The highest BCUT2D eigenvalue weighted by molar-refractivity contribution is 5.96. The van der Waals surface area contributed by atoms with Crippen LogP contribution in [-0.4, -0.2) is 86.9 Å². The first-order chi connectivity index (χ1) is 22.6. The van der Waals surface area contributed by atoms with Crippen LogP contribution in [0.3, 0.4) is 0 Å². The van der Waals surface area contributed by atoms with E-state index < -0.39 is 47.9 Å². The second-order valence-electron chi connectivity index (χ2n) is 11.8. The monoisotopic (exact) mass is 643 g/mol. The van der Waals surface area contributed by atoms with E-state index in [0.29, 0.717) is 25.8 Å². The minimum Gasteiger partial charge on any atom is -0.480 e. The number of carbonyl (C=O) groups is 4. The molecule has 0 spiro atoms. The summed E-state index contributed by atoms with van der Waals surface area (Å²) in [4.78, 5) is 65.0. The van der Waals surface area contributed by atoms with Gasteiger partial charge in [0, 0.05) is 60.1 Å². The Kier molecular flexibility index (Phi) is 10.4. The van der Waals surface area contributed by atoms with E-state index in [0.717, 1.165) is 32.9 Å². The lowest BCUT2D eigenvalue weighted by atomic mass is 10.0. The van der Waals surface area contributed by atoms with E-state index in [1.54, 1.807) is 12.4 Å². The number of hydrogen-bond acceptors (Lipinski definition) is 6. The molecule has 3 heterocycles. The van der Waals surface area contributed by atoms with Gasteiger partial charge in [-0.25, -0.2) is 4.79 Å². The zero-order valence-corrected chi connectivity index (χ0v) is 25.9. The Hall–Kier alpha value is -5.37. The molecule has 1 aliphatic rings. The number of carboxylic acids is 1. The van der Waals surface area contributed by atoms with Gasteiger partial charge in [-0.1, -0.05) is 36.4 Å². The van der Waals surface area contributed by atoms with E-state index in [1.807, 2.05) is 48.5 Å². The van der Waals surface area contributed by atoms with Gasteiger partial charge in [0.2, 0.25) is 17.7 Å². The molecule has 47 heavy (non-hydrogen) atoms. The Morgan fingerprint density at radius 1 is 0.894 bits per heavy atom. The van der Waals surface area contributed by atoms with Gasteiger partial charge in [-0.15, -0.1) is 0 Å². The maximum Gasteiger partial charge on any atom is 0.326 e. The van der Waals surface area contributed by atoms with Crippen LogP contribution in [0.2, 0.25) is 0 Å². The first-order valence-corrected chi connectivity index (χ1v) is 15.7. The molecule has 248 valence electrons. The Morgan fingerprint density at radius 3 is 2.06 bits per heavy atom. The number of para-hydroxylation sites is 2. The molecule has 4 unspecified atom stereocenters. The number of carboxylic acid groups (broad SMARTS) is 1. The fourth-order valence-corrected chi connectivity index (χ4v) is 6.14.